The second-order valence-electron chi connectivity index (χ2n) is 5.60. The first-order valence-electron chi connectivity index (χ1n) is 7.45. The number of aromatic nitrogens is 1. The van der Waals surface area contributed by atoms with Crippen molar-refractivity contribution in [3.63, 3.8) is 0 Å². The van der Waals surface area contributed by atoms with E-state index in [1.165, 1.54) is 33.3 Å². The van der Waals surface area contributed by atoms with Gasteiger partial charge in [0.1, 0.15) is 0 Å². The summed E-state index contributed by atoms with van der Waals surface area (Å²) < 4.78 is 2.37. The Morgan fingerprint density at radius 2 is 1.81 bits per heavy atom. The highest BCUT2D eigenvalue weighted by molar-refractivity contribution is 5.89. The molecule has 2 aromatic carbocycles. The Balaban J connectivity index is 2.04. The first kappa shape index (κ1) is 12.3. The Hall–Kier alpha value is -2.48. The molecule has 0 unspecified atom stereocenters. The molecule has 2 N–H and O–H groups in total. The number of allylic oxidation sites excluding steroid dienone is 1. The molecule has 104 valence electrons. The monoisotopic (exact) mass is 274 g/mol. The van der Waals surface area contributed by atoms with Crippen molar-refractivity contribution < 1.29 is 0 Å². The predicted molar refractivity (Wildman–Crippen MR) is 87.7 cm³/mol. The number of fused-ring (bicyclic) bond motifs is 2. The molecule has 0 saturated carbocycles. The van der Waals surface area contributed by atoms with E-state index in [1.54, 1.807) is 6.20 Å². The molecule has 0 atom stereocenters. The molecule has 21 heavy (non-hydrogen) atoms. The van der Waals surface area contributed by atoms with Crippen molar-refractivity contribution in [2.75, 3.05) is 0 Å². The fourth-order valence-electron chi connectivity index (χ4n) is 3.40. The molecule has 0 spiro atoms. The molecule has 0 amide bonds. The van der Waals surface area contributed by atoms with E-state index in [0.717, 1.165) is 19.3 Å². The van der Waals surface area contributed by atoms with Gasteiger partial charge >= 0.3 is 0 Å². The fourth-order valence-corrected chi connectivity index (χ4v) is 3.40. The Morgan fingerprint density at radius 1 is 1.00 bits per heavy atom. The molecule has 1 aromatic heterocycles. The highest BCUT2D eigenvalue weighted by atomic mass is 15.0. The second kappa shape index (κ2) is 4.81. The number of hydrogen-bond acceptors (Lipinski definition) is 1. The maximum Gasteiger partial charge on any atom is 0.0563 e. The van der Waals surface area contributed by atoms with Crippen LogP contribution >= 0.6 is 0 Å². The van der Waals surface area contributed by atoms with E-state index in [1.807, 2.05) is 6.08 Å². The summed E-state index contributed by atoms with van der Waals surface area (Å²) in [5, 5.41) is 1.35. The summed E-state index contributed by atoms with van der Waals surface area (Å²) >= 11 is 0. The zero-order valence-electron chi connectivity index (χ0n) is 11.9. The average molecular weight is 274 g/mol. The van der Waals surface area contributed by atoms with Gasteiger partial charge in [-0.05, 0) is 48.2 Å². The van der Waals surface area contributed by atoms with E-state index in [4.69, 9.17) is 5.73 Å². The predicted octanol–water partition coefficient (Wildman–Crippen LogP) is 3.74. The molecular weight excluding hydrogens is 256 g/mol. The van der Waals surface area contributed by atoms with Crippen molar-refractivity contribution in [2.24, 2.45) is 5.73 Å². The lowest BCUT2D eigenvalue weighted by molar-refractivity contribution is 0.972. The number of nitrogens with two attached hydrogens (primary N) is 1. The Labute approximate surface area is 124 Å². The SMILES string of the molecule is NC=CCc1cn2c3c(cccc13)CCc1ccccc1-2. The molecular formula is C19H18N2. The van der Waals surface area contributed by atoms with Crippen LogP contribution in [0.15, 0.2) is 60.9 Å². The molecule has 0 radical (unpaired) electrons. The summed E-state index contributed by atoms with van der Waals surface area (Å²) in [6.07, 6.45) is 9.01. The minimum absolute atomic E-state index is 0.881. The van der Waals surface area contributed by atoms with E-state index in [-0.39, 0.29) is 0 Å². The normalized spacial score (nSPS) is 13.5. The summed E-state index contributed by atoms with van der Waals surface area (Å²) in [6.45, 7) is 0. The molecule has 0 aliphatic carbocycles. The van der Waals surface area contributed by atoms with E-state index in [2.05, 4.69) is 53.2 Å². The summed E-state index contributed by atoms with van der Waals surface area (Å²) in [5.74, 6) is 0. The maximum atomic E-state index is 5.52. The second-order valence-corrected chi connectivity index (χ2v) is 5.60. The van der Waals surface area contributed by atoms with Crippen molar-refractivity contribution in [1.82, 2.24) is 4.57 Å². The van der Waals surface area contributed by atoms with Gasteiger partial charge in [-0.25, -0.2) is 0 Å². The number of benzene rings is 2. The van der Waals surface area contributed by atoms with Gasteiger partial charge in [-0.2, -0.15) is 0 Å². The van der Waals surface area contributed by atoms with E-state index >= 15 is 0 Å². The van der Waals surface area contributed by atoms with Gasteiger partial charge in [0, 0.05) is 17.3 Å². The van der Waals surface area contributed by atoms with Gasteiger partial charge in [0.15, 0.2) is 0 Å². The zero-order valence-corrected chi connectivity index (χ0v) is 11.9. The van der Waals surface area contributed by atoms with Crippen molar-refractivity contribution in [2.45, 2.75) is 19.3 Å². The molecule has 2 heterocycles. The van der Waals surface area contributed by atoms with Gasteiger partial charge < -0.3 is 10.3 Å². The lowest BCUT2D eigenvalue weighted by Gasteiger charge is -2.08. The third kappa shape index (κ3) is 1.87. The number of para-hydroxylation sites is 2. The molecule has 2 nitrogen and oxygen atoms in total. The quantitative estimate of drug-likeness (QED) is 0.758. The van der Waals surface area contributed by atoms with Crippen molar-refractivity contribution >= 4 is 10.9 Å². The first-order chi connectivity index (χ1) is 10.4. The zero-order chi connectivity index (χ0) is 14.2. The molecule has 2 heteroatoms. The standard InChI is InChI=1S/C19H18N2/c20-12-4-7-16-13-21-18-9-2-1-5-14(18)10-11-15-6-3-8-17(16)19(15)21/h1-6,8-9,12-13H,7,10-11,20H2. The topological polar surface area (TPSA) is 30.9 Å². The molecule has 3 aromatic rings. The minimum atomic E-state index is 0.881. The minimum Gasteiger partial charge on any atom is -0.405 e. The van der Waals surface area contributed by atoms with Crippen LogP contribution in [0.5, 0.6) is 0 Å². The van der Waals surface area contributed by atoms with Crippen molar-refractivity contribution in [3.05, 3.63) is 77.6 Å². The Bertz CT molecular complexity index is 840. The van der Waals surface area contributed by atoms with Crippen molar-refractivity contribution in [3.8, 4) is 5.69 Å². The van der Waals surface area contributed by atoms with Crippen LogP contribution in [0.3, 0.4) is 0 Å². The van der Waals surface area contributed by atoms with Crippen molar-refractivity contribution in [1.29, 1.82) is 0 Å². The maximum absolute atomic E-state index is 5.52. The molecule has 0 bridgehead atoms. The van der Waals surface area contributed by atoms with Crippen LogP contribution in [-0.4, -0.2) is 4.57 Å². The summed E-state index contributed by atoms with van der Waals surface area (Å²) in [7, 11) is 0. The molecule has 4 rings (SSSR count). The number of hydrogen-bond donors (Lipinski definition) is 1. The average Bonchev–Trinajstić information content (AvgIpc) is 2.82. The highest BCUT2D eigenvalue weighted by Crippen LogP contribution is 2.33. The van der Waals surface area contributed by atoms with Crippen LogP contribution in [0.25, 0.3) is 16.6 Å². The smallest absolute Gasteiger partial charge is 0.0563 e. The molecule has 0 fully saturated rings. The lowest BCUT2D eigenvalue weighted by Crippen LogP contribution is -1.95. The number of aryl methyl sites for hydroxylation is 2. The van der Waals surface area contributed by atoms with Crippen LogP contribution in [0, 0.1) is 0 Å². The third-order valence-electron chi connectivity index (χ3n) is 4.38. The Morgan fingerprint density at radius 3 is 2.71 bits per heavy atom. The molecule has 1 aliphatic rings. The molecule has 1 aliphatic heterocycles. The Kier molecular flexibility index (Phi) is 2.81. The number of nitrogens with zero attached hydrogens (tertiary/aromatic N) is 1. The van der Waals surface area contributed by atoms with Gasteiger partial charge in [0.25, 0.3) is 0 Å². The lowest BCUT2D eigenvalue weighted by atomic mass is 10.0. The highest BCUT2D eigenvalue weighted by Gasteiger charge is 2.17. The van der Waals surface area contributed by atoms with Gasteiger partial charge in [0.2, 0.25) is 0 Å². The van der Waals surface area contributed by atoms with E-state index in [9.17, 15) is 0 Å². The summed E-state index contributed by atoms with van der Waals surface area (Å²) in [4.78, 5) is 0. The van der Waals surface area contributed by atoms with Crippen LogP contribution in [0.4, 0.5) is 0 Å². The van der Waals surface area contributed by atoms with Crippen LogP contribution in [-0.2, 0) is 19.3 Å². The fraction of sp³-hybridized carbons (Fsp3) is 0.158. The van der Waals surface area contributed by atoms with Gasteiger partial charge in [0.05, 0.1) is 5.52 Å². The van der Waals surface area contributed by atoms with Gasteiger partial charge in [-0.1, -0.05) is 42.5 Å². The first-order valence-corrected chi connectivity index (χ1v) is 7.45. The van der Waals surface area contributed by atoms with Gasteiger partial charge in [-0.3, -0.25) is 0 Å². The molecule has 0 saturated heterocycles. The van der Waals surface area contributed by atoms with E-state index in [0.29, 0.717) is 0 Å². The van der Waals surface area contributed by atoms with Crippen LogP contribution in [0.2, 0.25) is 0 Å². The number of rotatable bonds is 2. The summed E-state index contributed by atoms with van der Waals surface area (Å²) in [6, 6.07) is 15.4. The third-order valence-corrected chi connectivity index (χ3v) is 4.38. The van der Waals surface area contributed by atoms with Gasteiger partial charge in [-0.15, -0.1) is 0 Å². The van der Waals surface area contributed by atoms with Crippen LogP contribution in [0.1, 0.15) is 16.7 Å². The van der Waals surface area contributed by atoms with E-state index < -0.39 is 0 Å². The largest absolute Gasteiger partial charge is 0.405 e. The van der Waals surface area contributed by atoms with Crippen LogP contribution < -0.4 is 5.73 Å². The summed E-state index contributed by atoms with van der Waals surface area (Å²) in [5.41, 5.74) is 12.4.